The highest BCUT2D eigenvalue weighted by molar-refractivity contribution is 5.97. The maximum Gasteiger partial charge on any atom is 0.256 e. The van der Waals surface area contributed by atoms with Gasteiger partial charge in [-0.05, 0) is 38.7 Å². The molecule has 1 unspecified atom stereocenters. The number of carbonyl (C=O) groups is 1. The largest absolute Gasteiger partial charge is 0.475 e. The Labute approximate surface area is 151 Å². The molecular formula is C19H32N2O4. The average Bonchev–Trinajstić information content (AvgIpc) is 2.55. The second-order valence-electron chi connectivity index (χ2n) is 6.76. The van der Waals surface area contributed by atoms with E-state index in [2.05, 4.69) is 24.1 Å². The summed E-state index contributed by atoms with van der Waals surface area (Å²) in [6.45, 7) is 11.4. The molecule has 1 rings (SSSR count). The zero-order valence-electron chi connectivity index (χ0n) is 16.3. The van der Waals surface area contributed by atoms with E-state index in [0.717, 1.165) is 6.42 Å². The van der Waals surface area contributed by atoms with Gasteiger partial charge in [-0.15, -0.1) is 0 Å². The Morgan fingerprint density at radius 2 is 2.00 bits per heavy atom. The Balaban J connectivity index is 2.81. The summed E-state index contributed by atoms with van der Waals surface area (Å²) in [6.07, 6.45) is 1.53. The van der Waals surface area contributed by atoms with E-state index in [1.807, 2.05) is 20.8 Å². The standard InChI is InChI=1S/C19H32N2O4/c1-7-10-25-19(5,13-14(2)3)18(22)21-16-8-9-17(20-15(16)4)24-12-11-23-6/h8-9,14H,7,10-13H2,1-6H3,(H,21,22). The third-order valence-electron chi connectivity index (χ3n) is 3.75. The molecule has 0 aliphatic carbocycles. The van der Waals surface area contributed by atoms with E-state index in [-0.39, 0.29) is 5.91 Å². The summed E-state index contributed by atoms with van der Waals surface area (Å²) in [5.41, 5.74) is 0.509. The predicted molar refractivity (Wildman–Crippen MR) is 99.1 cm³/mol. The fraction of sp³-hybridized carbons (Fsp3) is 0.684. The summed E-state index contributed by atoms with van der Waals surface area (Å²) < 4.78 is 16.3. The Hall–Kier alpha value is -1.66. The van der Waals surface area contributed by atoms with Crippen LogP contribution in [0.4, 0.5) is 5.69 Å². The Bertz CT molecular complexity index is 548. The van der Waals surface area contributed by atoms with E-state index in [9.17, 15) is 4.79 Å². The van der Waals surface area contributed by atoms with Crippen LogP contribution in [0.15, 0.2) is 12.1 Å². The number of nitrogens with zero attached hydrogens (tertiary/aromatic N) is 1. The topological polar surface area (TPSA) is 69.7 Å². The highest BCUT2D eigenvalue weighted by Gasteiger charge is 2.35. The lowest BCUT2D eigenvalue weighted by Gasteiger charge is -2.30. The van der Waals surface area contributed by atoms with E-state index in [1.54, 1.807) is 19.2 Å². The second kappa shape index (κ2) is 10.4. The fourth-order valence-electron chi connectivity index (χ4n) is 2.56. The van der Waals surface area contributed by atoms with E-state index in [4.69, 9.17) is 14.2 Å². The van der Waals surface area contributed by atoms with Gasteiger partial charge in [-0.1, -0.05) is 20.8 Å². The third kappa shape index (κ3) is 7.00. The van der Waals surface area contributed by atoms with Gasteiger partial charge in [-0.25, -0.2) is 4.98 Å². The molecule has 6 nitrogen and oxygen atoms in total. The molecule has 0 spiro atoms. The molecule has 0 aromatic carbocycles. The molecule has 1 aromatic rings. The van der Waals surface area contributed by atoms with Crippen molar-refractivity contribution in [1.29, 1.82) is 0 Å². The molecule has 1 heterocycles. The summed E-state index contributed by atoms with van der Waals surface area (Å²) in [6, 6.07) is 3.54. The van der Waals surface area contributed by atoms with E-state index >= 15 is 0 Å². The highest BCUT2D eigenvalue weighted by atomic mass is 16.5. The molecule has 1 N–H and O–H groups in total. The van der Waals surface area contributed by atoms with Gasteiger partial charge in [0.1, 0.15) is 12.2 Å². The Kier molecular flexibility index (Phi) is 8.86. The number of hydrogen-bond acceptors (Lipinski definition) is 5. The number of carbonyl (C=O) groups excluding carboxylic acids is 1. The quantitative estimate of drug-likeness (QED) is 0.616. The molecule has 0 radical (unpaired) electrons. The number of methoxy groups -OCH3 is 1. The van der Waals surface area contributed by atoms with E-state index < -0.39 is 5.60 Å². The van der Waals surface area contributed by atoms with Crippen molar-refractivity contribution in [3.8, 4) is 5.88 Å². The van der Waals surface area contributed by atoms with Crippen LogP contribution >= 0.6 is 0 Å². The fourth-order valence-corrected chi connectivity index (χ4v) is 2.56. The van der Waals surface area contributed by atoms with Crippen LogP contribution in [0.25, 0.3) is 0 Å². The molecule has 6 heteroatoms. The zero-order valence-corrected chi connectivity index (χ0v) is 16.3. The first kappa shape index (κ1) is 21.4. The molecule has 1 atom stereocenters. The summed E-state index contributed by atoms with van der Waals surface area (Å²) in [5, 5.41) is 2.95. The number of aryl methyl sites for hydroxylation is 1. The van der Waals surface area contributed by atoms with Crippen LogP contribution in [0.5, 0.6) is 5.88 Å². The van der Waals surface area contributed by atoms with Crippen LogP contribution in [-0.4, -0.2) is 43.4 Å². The van der Waals surface area contributed by atoms with Crippen LogP contribution in [0.3, 0.4) is 0 Å². The molecular weight excluding hydrogens is 320 g/mol. The van der Waals surface area contributed by atoms with Crippen molar-refractivity contribution >= 4 is 11.6 Å². The number of ether oxygens (including phenoxy) is 3. The lowest BCUT2D eigenvalue weighted by Crippen LogP contribution is -2.44. The number of anilines is 1. The first-order valence-corrected chi connectivity index (χ1v) is 8.87. The zero-order chi connectivity index (χ0) is 18.9. The minimum absolute atomic E-state index is 0.146. The van der Waals surface area contributed by atoms with Gasteiger partial charge in [-0.2, -0.15) is 0 Å². The smallest absolute Gasteiger partial charge is 0.256 e. The van der Waals surface area contributed by atoms with Gasteiger partial charge in [0.05, 0.1) is 18.0 Å². The maximum atomic E-state index is 12.8. The highest BCUT2D eigenvalue weighted by Crippen LogP contribution is 2.25. The van der Waals surface area contributed by atoms with Gasteiger partial charge in [0, 0.05) is 19.8 Å². The van der Waals surface area contributed by atoms with Crippen molar-refractivity contribution in [2.45, 2.75) is 53.1 Å². The lowest BCUT2D eigenvalue weighted by atomic mass is 9.93. The first-order chi connectivity index (χ1) is 11.8. The molecule has 142 valence electrons. The van der Waals surface area contributed by atoms with Gasteiger partial charge in [0.2, 0.25) is 5.88 Å². The lowest BCUT2D eigenvalue weighted by molar-refractivity contribution is -0.141. The molecule has 0 fully saturated rings. The summed E-state index contributed by atoms with van der Waals surface area (Å²) in [5.74, 6) is 0.718. The van der Waals surface area contributed by atoms with Crippen molar-refractivity contribution in [2.75, 3.05) is 32.2 Å². The summed E-state index contributed by atoms with van der Waals surface area (Å²) in [4.78, 5) is 17.2. The minimum Gasteiger partial charge on any atom is -0.475 e. The number of amides is 1. The Morgan fingerprint density at radius 1 is 1.28 bits per heavy atom. The van der Waals surface area contributed by atoms with Gasteiger partial charge >= 0.3 is 0 Å². The van der Waals surface area contributed by atoms with Crippen molar-refractivity contribution in [2.24, 2.45) is 5.92 Å². The van der Waals surface area contributed by atoms with Gasteiger partial charge < -0.3 is 19.5 Å². The van der Waals surface area contributed by atoms with Gasteiger partial charge in [-0.3, -0.25) is 4.79 Å². The van der Waals surface area contributed by atoms with Crippen molar-refractivity contribution < 1.29 is 19.0 Å². The summed E-state index contributed by atoms with van der Waals surface area (Å²) in [7, 11) is 1.62. The van der Waals surface area contributed by atoms with Crippen molar-refractivity contribution in [3.05, 3.63) is 17.8 Å². The van der Waals surface area contributed by atoms with Crippen LogP contribution < -0.4 is 10.1 Å². The Morgan fingerprint density at radius 3 is 2.56 bits per heavy atom. The van der Waals surface area contributed by atoms with Crippen LogP contribution in [0.2, 0.25) is 0 Å². The van der Waals surface area contributed by atoms with E-state index in [1.165, 1.54) is 0 Å². The van der Waals surface area contributed by atoms with Crippen LogP contribution in [0.1, 0.15) is 46.2 Å². The van der Waals surface area contributed by atoms with Gasteiger partial charge in [0.25, 0.3) is 5.91 Å². The third-order valence-corrected chi connectivity index (χ3v) is 3.75. The monoisotopic (exact) mass is 352 g/mol. The molecule has 0 saturated carbocycles. The number of pyridine rings is 1. The molecule has 1 aromatic heterocycles. The summed E-state index contributed by atoms with van der Waals surface area (Å²) >= 11 is 0. The van der Waals surface area contributed by atoms with Crippen molar-refractivity contribution in [3.63, 3.8) is 0 Å². The molecule has 1 amide bonds. The number of rotatable bonds is 11. The SMILES string of the molecule is CCCOC(C)(CC(C)C)C(=O)Nc1ccc(OCCOC)nc1C. The molecule has 0 saturated heterocycles. The molecule has 25 heavy (non-hydrogen) atoms. The molecule has 0 aliphatic rings. The molecule has 0 aliphatic heterocycles. The maximum absolute atomic E-state index is 12.8. The van der Waals surface area contributed by atoms with Crippen molar-refractivity contribution in [1.82, 2.24) is 4.98 Å². The second-order valence-corrected chi connectivity index (χ2v) is 6.76. The first-order valence-electron chi connectivity index (χ1n) is 8.87. The molecule has 0 bridgehead atoms. The predicted octanol–water partition coefficient (Wildman–Crippen LogP) is 3.59. The number of hydrogen-bond donors (Lipinski definition) is 1. The van der Waals surface area contributed by atoms with E-state index in [0.29, 0.717) is 49.4 Å². The average molecular weight is 352 g/mol. The van der Waals surface area contributed by atoms with Crippen LogP contribution in [-0.2, 0) is 14.3 Å². The van der Waals surface area contributed by atoms with Gasteiger partial charge in [0.15, 0.2) is 0 Å². The normalized spacial score (nSPS) is 13.6. The van der Waals surface area contributed by atoms with Crippen LogP contribution in [0, 0.1) is 12.8 Å². The minimum atomic E-state index is -0.857. The number of aromatic nitrogens is 1. The number of nitrogens with one attached hydrogen (secondary N) is 1.